The molecule has 1 aromatic carbocycles. The summed E-state index contributed by atoms with van der Waals surface area (Å²) in [7, 11) is 0. The third kappa shape index (κ3) is 18.7. The summed E-state index contributed by atoms with van der Waals surface area (Å²) in [6.07, 6.45) is 9.35. The Morgan fingerprint density at radius 1 is 0.818 bits per heavy atom. The first-order valence-corrected chi connectivity index (χ1v) is 8.24. The van der Waals surface area contributed by atoms with Gasteiger partial charge in [0.1, 0.15) is 5.75 Å². The molecule has 0 aliphatic heterocycles. The van der Waals surface area contributed by atoms with Crippen LogP contribution in [0, 0.1) is 0 Å². The Labute approximate surface area is 136 Å². The molecule has 128 valence electrons. The van der Waals surface area contributed by atoms with Gasteiger partial charge < -0.3 is 14.9 Å². The van der Waals surface area contributed by atoms with E-state index in [1.807, 2.05) is 30.3 Å². The van der Waals surface area contributed by atoms with E-state index < -0.39 is 0 Å². The van der Waals surface area contributed by atoms with Crippen LogP contribution in [-0.4, -0.2) is 30.0 Å². The maximum atomic E-state index is 7.62. The van der Waals surface area contributed by atoms with E-state index in [4.69, 9.17) is 14.9 Å². The molecule has 1 aromatic rings. The molecule has 0 unspecified atom stereocenters. The molecule has 0 radical (unpaired) electrons. The van der Waals surface area contributed by atoms with Crippen molar-refractivity contribution in [2.45, 2.75) is 51.9 Å². The van der Waals surface area contributed by atoms with Gasteiger partial charge in [0.15, 0.2) is 0 Å². The molecule has 3 nitrogen and oxygen atoms in total. The summed E-state index contributed by atoms with van der Waals surface area (Å²) < 4.78 is 5.63. The van der Waals surface area contributed by atoms with Gasteiger partial charge in [0.05, 0.1) is 19.8 Å². The van der Waals surface area contributed by atoms with Gasteiger partial charge in [-0.05, 0) is 18.6 Å². The Morgan fingerprint density at radius 2 is 1.32 bits per heavy atom. The number of para-hydroxylation sites is 1. The van der Waals surface area contributed by atoms with Gasteiger partial charge in [-0.25, -0.2) is 0 Å². The average molecular weight is 310 g/mol. The van der Waals surface area contributed by atoms with Gasteiger partial charge in [-0.3, -0.25) is 0 Å². The lowest BCUT2D eigenvalue weighted by Gasteiger charge is -2.05. The van der Waals surface area contributed by atoms with Crippen molar-refractivity contribution in [3.05, 3.63) is 43.5 Å². The van der Waals surface area contributed by atoms with Crippen LogP contribution in [0.4, 0.5) is 0 Å². The number of aliphatic hydroxyl groups is 2. The van der Waals surface area contributed by atoms with E-state index in [1.54, 1.807) is 0 Å². The summed E-state index contributed by atoms with van der Waals surface area (Å²) in [5, 5.41) is 15.2. The van der Waals surface area contributed by atoms with E-state index in [1.165, 1.54) is 44.9 Å². The predicted molar refractivity (Wildman–Crippen MR) is 95.4 cm³/mol. The third-order valence-corrected chi connectivity index (χ3v) is 2.86. The number of ether oxygens (including phenoxy) is 1. The molecule has 0 aliphatic rings. The number of benzene rings is 1. The fourth-order valence-electron chi connectivity index (χ4n) is 1.77. The maximum Gasteiger partial charge on any atom is 0.119 e. The zero-order chi connectivity index (χ0) is 16.9. The summed E-state index contributed by atoms with van der Waals surface area (Å²) in [4.78, 5) is 0. The van der Waals surface area contributed by atoms with Crippen LogP contribution >= 0.6 is 0 Å². The number of hydrogen-bond donors (Lipinski definition) is 2. The molecule has 0 bridgehead atoms. The molecule has 0 aromatic heterocycles. The molecule has 22 heavy (non-hydrogen) atoms. The lowest BCUT2D eigenvalue weighted by Crippen LogP contribution is -1.96. The first-order chi connectivity index (χ1) is 10.8. The Hall–Kier alpha value is -1.32. The minimum atomic E-state index is -0.125. The first kappa shape index (κ1) is 23.0. The molecule has 3 heteroatoms. The molecule has 2 N–H and O–H groups in total. The zero-order valence-electron chi connectivity index (χ0n) is 14.2. The fraction of sp³-hybridized carbons (Fsp3) is 0.579. The Balaban J connectivity index is 0. The summed E-state index contributed by atoms with van der Waals surface area (Å²) in [6, 6.07) is 10.1. The van der Waals surface area contributed by atoms with Crippen molar-refractivity contribution in [2.24, 2.45) is 0 Å². The summed E-state index contributed by atoms with van der Waals surface area (Å²) in [6.45, 7) is 8.87. The second kappa shape index (κ2) is 22.0. The van der Waals surface area contributed by atoms with Crippen molar-refractivity contribution in [3.8, 4) is 5.75 Å². The van der Waals surface area contributed by atoms with Crippen molar-refractivity contribution in [1.29, 1.82) is 0 Å². The summed E-state index contributed by atoms with van der Waals surface area (Å²) in [5.74, 6) is 0.994. The van der Waals surface area contributed by atoms with E-state index in [0.717, 1.165) is 12.4 Å². The number of hydrogen-bond acceptors (Lipinski definition) is 3. The van der Waals surface area contributed by atoms with Crippen LogP contribution in [0.3, 0.4) is 0 Å². The smallest absolute Gasteiger partial charge is 0.119 e. The highest BCUT2D eigenvalue weighted by molar-refractivity contribution is 5.20. The van der Waals surface area contributed by atoms with Crippen LogP contribution in [-0.2, 0) is 0 Å². The van der Waals surface area contributed by atoms with Gasteiger partial charge in [0.25, 0.3) is 0 Å². The molecule has 0 aliphatic carbocycles. The molecule has 0 spiro atoms. The van der Waals surface area contributed by atoms with Gasteiger partial charge in [0, 0.05) is 0 Å². The second-order valence-electron chi connectivity index (χ2n) is 4.73. The van der Waals surface area contributed by atoms with Gasteiger partial charge in [0.2, 0.25) is 0 Å². The van der Waals surface area contributed by atoms with Crippen molar-refractivity contribution in [3.63, 3.8) is 0 Å². The quantitative estimate of drug-likeness (QED) is 0.491. The van der Waals surface area contributed by atoms with Gasteiger partial charge >= 0.3 is 0 Å². The predicted octanol–water partition coefficient (Wildman–Crippen LogP) is 4.59. The Morgan fingerprint density at radius 3 is 1.82 bits per heavy atom. The third-order valence-electron chi connectivity index (χ3n) is 2.86. The maximum absolute atomic E-state index is 7.62. The zero-order valence-corrected chi connectivity index (χ0v) is 14.2. The highest BCUT2D eigenvalue weighted by Gasteiger charge is 1.93. The van der Waals surface area contributed by atoms with Crippen molar-refractivity contribution >= 4 is 0 Å². The molecule has 0 saturated heterocycles. The van der Waals surface area contributed by atoms with Crippen LogP contribution in [0.5, 0.6) is 5.75 Å². The highest BCUT2D eigenvalue weighted by atomic mass is 16.5. The Bertz CT molecular complexity index is 286. The van der Waals surface area contributed by atoms with E-state index >= 15 is 0 Å². The molecule has 1 rings (SSSR count). The van der Waals surface area contributed by atoms with Gasteiger partial charge in [-0.15, -0.1) is 13.2 Å². The summed E-state index contributed by atoms with van der Waals surface area (Å²) in [5.41, 5.74) is 0. The minimum Gasteiger partial charge on any atom is -0.494 e. The normalized spacial score (nSPS) is 9.05. The van der Waals surface area contributed by atoms with Crippen molar-refractivity contribution in [2.75, 3.05) is 19.8 Å². The van der Waals surface area contributed by atoms with E-state index in [-0.39, 0.29) is 13.2 Å². The largest absolute Gasteiger partial charge is 0.494 e. The number of rotatable bonds is 10. The number of aliphatic hydroxyl groups excluding tert-OH is 2. The van der Waals surface area contributed by atoms with Crippen LogP contribution < -0.4 is 4.74 Å². The average Bonchev–Trinajstić information content (AvgIpc) is 2.60. The van der Waals surface area contributed by atoms with Gasteiger partial charge in [-0.1, -0.05) is 63.6 Å². The van der Waals surface area contributed by atoms with Crippen LogP contribution in [0.1, 0.15) is 51.9 Å². The lowest BCUT2D eigenvalue weighted by atomic mass is 10.1. The first-order valence-electron chi connectivity index (χ1n) is 8.24. The van der Waals surface area contributed by atoms with Crippen LogP contribution in [0.25, 0.3) is 0 Å². The second-order valence-corrected chi connectivity index (χ2v) is 4.73. The Kier molecular flexibility index (Phi) is 22.9. The van der Waals surface area contributed by atoms with Crippen molar-refractivity contribution in [1.82, 2.24) is 0 Å². The highest BCUT2D eigenvalue weighted by Crippen LogP contribution is 2.10. The van der Waals surface area contributed by atoms with Crippen LogP contribution in [0.15, 0.2) is 43.5 Å². The minimum absolute atomic E-state index is 0.125. The summed E-state index contributed by atoms with van der Waals surface area (Å²) >= 11 is 0. The molecule has 0 fully saturated rings. The fourth-order valence-corrected chi connectivity index (χ4v) is 1.77. The monoisotopic (exact) mass is 310 g/mol. The molecule has 0 atom stereocenters. The van der Waals surface area contributed by atoms with E-state index in [0.29, 0.717) is 0 Å². The SMILES string of the molecule is C=C.CCCCCCCCCOc1ccccc1.OCCO. The lowest BCUT2D eigenvalue weighted by molar-refractivity contribution is 0.186. The molecule has 0 amide bonds. The topological polar surface area (TPSA) is 49.7 Å². The molecule has 0 saturated carbocycles. The molecular weight excluding hydrogens is 276 g/mol. The standard InChI is InChI=1S/C15H24O.C2H6O2.C2H4/c1-2-3-4-5-6-7-11-14-16-15-12-9-8-10-13-15;3-1-2-4;1-2/h8-10,12-13H,2-7,11,14H2,1H3;3-4H,1-2H2;1-2H2. The van der Waals surface area contributed by atoms with Crippen LogP contribution in [0.2, 0.25) is 0 Å². The molecule has 0 heterocycles. The molecular formula is C19H34O3. The van der Waals surface area contributed by atoms with Gasteiger partial charge in [-0.2, -0.15) is 0 Å². The van der Waals surface area contributed by atoms with Crippen molar-refractivity contribution < 1.29 is 14.9 Å². The van der Waals surface area contributed by atoms with E-state index in [9.17, 15) is 0 Å². The van der Waals surface area contributed by atoms with E-state index in [2.05, 4.69) is 20.1 Å². The number of unbranched alkanes of at least 4 members (excludes halogenated alkanes) is 6.